The van der Waals surface area contributed by atoms with Crippen molar-refractivity contribution in [3.8, 4) is 0 Å². The second-order valence-corrected chi connectivity index (χ2v) is 5.80. The molecule has 0 aliphatic rings. The number of carboxylic acid groups (broad SMARTS) is 1. The van der Waals surface area contributed by atoms with Gasteiger partial charge < -0.3 is 10.4 Å². The number of anilines is 2. The maximum atomic E-state index is 11.4. The van der Waals surface area contributed by atoms with Crippen LogP contribution >= 0.6 is 0 Å². The van der Waals surface area contributed by atoms with Crippen molar-refractivity contribution in [1.82, 2.24) is 9.97 Å². The van der Waals surface area contributed by atoms with Crippen LogP contribution in [0.2, 0.25) is 0 Å². The maximum Gasteiger partial charge on any atom is 0.337 e. The summed E-state index contributed by atoms with van der Waals surface area (Å²) in [4.78, 5) is 30.5. The Hall–Kier alpha value is -4.07. The Morgan fingerprint density at radius 2 is 1.63 bits per heavy atom. The standard InChI is InChI=1S/C19H12N4O4/c24-19(25)11-9-16(23(26)27)18(20-10-11)22-17-12-5-1-3-7-14(12)21-15-8-4-2-6-13(15)17/h1-10H,(H,24,25)(H,20,21,22). The van der Waals surface area contributed by atoms with E-state index >= 15 is 0 Å². The van der Waals surface area contributed by atoms with E-state index in [0.717, 1.165) is 34.1 Å². The van der Waals surface area contributed by atoms with E-state index in [2.05, 4.69) is 15.3 Å². The first-order valence-electron chi connectivity index (χ1n) is 7.97. The predicted octanol–water partition coefficient (Wildman–Crippen LogP) is 4.13. The fourth-order valence-corrected chi connectivity index (χ4v) is 2.90. The largest absolute Gasteiger partial charge is 0.478 e. The highest BCUT2D eigenvalue weighted by Gasteiger charge is 2.20. The summed E-state index contributed by atoms with van der Waals surface area (Å²) in [5.74, 6) is -1.32. The molecular weight excluding hydrogens is 348 g/mol. The summed E-state index contributed by atoms with van der Waals surface area (Å²) in [6.07, 6.45) is 1.09. The summed E-state index contributed by atoms with van der Waals surface area (Å²) in [5.41, 5.74) is 1.40. The summed E-state index contributed by atoms with van der Waals surface area (Å²) in [5, 5.41) is 25.1. The number of benzene rings is 2. The van der Waals surface area contributed by atoms with Gasteiger partial charge in [0.05, 0.1) is 27.2 Å². The monoisotopic (exact) mass is 360 g/mol. The highest BCUT2D eigenvalue weighted by atomic mass is 16.6. The first-order chi connectivity index (χ1) is 13.0. The molecule has 0 aliphatic carbocycles. The van der Waals surface area contributed by atoms with Gasteiger partial charge in [0.2, 0.25) is 5.82 Å². The molecule has 2 heterocycles. The van der Waals surface area contributed by atoms with Crippen LogP contribution in [-0.2, 0) is 0 Å². The Morgan fingerprint density at radius 3 is 2.19 bits per heavy atom. The summed E-state index contributed by atoms with van der Waals surface area (Å²) >= 11 is 0. The molecule has 0 fully saturated rings. The molecule has 0 unspecified atom stereocenters. The van der Waals surface area contributed by atoms with Crippen LogP contribution in [0.5, 0.6) is 0 Å². The van der Waals surface area contributed by atoms with Crippen molar-refractivity contribution in [1.29, 1.82) is 0 Å². The van der Waals surface area contributed by atoms with Gasteiger partial charge in [0, 0.05) is 23.0 Å². The highest BCUT2D eigenvalue weighted by molar-refractivity contribution is 6.08. The molecule has 8 heteroatoms. The molecule has 2 aromatic carbocycles. The van der Waals surface area contributed by atoms with Crippen LogP contribution in [0, 0.1) is 10.1 Å². The lowest BCUT2D eigenvalue weighted by Crippen LogP contribution is -2.05. The van der Waals surface area contributed by atoms with Gasteiger partial charge in [-0.2, -0.15) is 0 Å². The molecule has 132 valence electrons. The minimum atomic E-state index is -1.28. The van der Waals surface area contributed by atoms with Crippen LogP contribution in [-0.4, -0.2) is 26.0 Å². The normalized spacial score (nSPS) is 10.8. The van der Waals surface area contributed by atoms with Crippen molar-refractivity contribution in [2.45, 2.75) is 0 Å². The third-order valence-electron chi connectivity index (χ3n) is 4.14. The van der Waals surface area contributed by atoms with Gasteiger partial charge in [0.25, 0.3) is 0 Å². The minimum absolute atomic E-state index is 0.0356. The predicted molar refractivity (Wildman–Crippen MR) is 100 cm³/mol. The number of aromatic carboxylic acids is 1. The molecule has 0 saturated heterocycles. The van der Waals surface area contributed by atoms with Crippen LogP contribution in [0.15, 0.2) is 60.8 Å². The van der Waals surface area contributed by atoms with Crippen molar-refractivity contribution in [3.63, 3.8) is 0 Å². The number of nitrogens with zero attached hydrogens (tertiary/aromatic N) is 3. The summed E-state index contributed by atoms with van der Waals surface area (Å²) in [6, 6.07) is 15.8. The molecule has 0 spiro atoms. The number of fused-ring (bicyclic) bond motifs is 2. The van der Waals surface area contributed by atoms with Gasteiger partial charge >= 0.3 is 11.7 Å². The van der Waals surface area contributed by atoms with Gasteiger partial charge in [-0.3, -0.25) is 10.1 Å². The maximum absolute atomic E-state index is 11.4. The lowest BCUT2D eigenvalue weighted by atomic mass is 10.1. The lowest BCUT2D eigenvalue weighted by molar-refractivity contribution is -0.384. The van der Waals surface area contributed by atoms with E-state index in [4.69, 9.17) is 5.11 Å². The Labute approximate surface area is 152 Å². The molecule has 0 aliphatic heterocycles. The van der Waals surface area contributed by atoms with Gasteiger partial charge in [-0.15, -0.1) is 0 Å². The molecule has 4 aromatic rings. The first kappa shape index (κ1) is 16.4. The topological polar surface area (TPSA) is 118 Å². The second kappa shape index (κ2) is 6.34. The SMILES string of the molecule is O=C(O)c1cnc(Nc2c3ccccc3nc3ccccc23)c([N+](=O)[O-])c1. The van der Waals surface area contributed by atoms with Crippen LogP contribution in [0.25, 0.3) is 21.8 Å². The zero-order chi connectivity index (χ0) is 19.0. The van der Waals surface area contributed by atoms with E-state index in [9.17, 15) is 14.9 Å². The van der Waals surface area contributed by atoms with Crippen molar-refractivity contribution in [3.05, 3.63) is 76.5 Å². The Morgan fingerprint density at radius 1 is 1.04 bits per heavy atom. The smallest absolute Gasteiger partial charge is 0.337 e. The minimum Gasteiger partial charge on any atom is -0.478 e. The van der Waals surface area contributed by atoms with Crippen LogP contribution in [0.4, 0.5) is 17.2 Å². The van der Waals surface area contributed by atoms with Crippen LogP contribution < -0.4 is 5.32 Å². The number of nitro groups is 1. The summed E-state index contributed by atoms with van der Waals surface area (Å²) in [7, 11) is 0. The second-order valence-electron chi connectivity index (χ2n) is 5.80. The van der Waals surface area contributed by atoms with Crippen LogP contribution in [0.1, 0.15) is 10.4 Å². The number of rotatable bonds is 4. The highest BCUT2D eigenvalue weighted by Crippen LogP contribution is 2.35. The average Bonchev–Trinajstić information content (AvgIpc) is 2.67. The average molecular weight is 360 g/mol. The van der Waals surface area contributed by atoms with Crippen molar-refractivity contribution >= 4 is 45.0 Å². The van der Waals surface area contributed by atoms with E-state index < -0.39 is 16.6 Å². The van der Waals surface area contributed by atoms with Gasteiger partial charge in [0.15, 0.2) is 0 Å². The number of pyridine rings is 2. The molecule has 27 heavy (non-hydrogen) atoms. The Balaban J connectivity index is 1.95. The fourth-order valence-electron chi connectivity index (χ4n) is 2.90. The number of carboxylic acids is 1. The van der Waals surface area contributed by atoms with Crippen molar-refractivity contribution in [2.75, 3.05) is 5.32 Å². The van der Waals surface area contributed by atoms with Crippen molar-refractivity contribution < 1.29 is 14.8 Å². The molecular formula is C19H12N4O4. The third-order valence-corrected chi connectivity index (χ3v) is 4.14. The molecule has 0 bridgehead atoms. The summed E-state index contributed by atoms with van der Waals surface area (Å²) in [6.45, 7) is 0. The van der Waals surface area contributed by atoms with Crippen LogP contribution in [0.3, 0.4) is 0 Å². The number of carbonyl (C=O) groups is 1. The number of aromatic nitrogens is 2. The number of hydrogen-bond donors (Lipinski definition) is 2. The van der Waals surface area contributed by atoms with Gasteiger partial charge in [-0.05, 0) is 12.1 Å². The van der Waals surface area contributed by atoms with Crippen molar-refractivity contribution in [2.24, 2.45) is 0 Å². The quantitative estimate of drug-likeness (QED) is 0.319. The van der Waals surface area contributed by atoms with E-state index in [1.165, 1.54) is 0 Å². The van der Waals surface area contributed by atoms with E-state index in [1.54, 1.807) is 0 Å². The van der Waals surface area contributed by atoms with Gasteiger partial charge in [-0.1, -0.05) is 36.4 Å². The molecule has 0 atom stereocenters. The number of para-hydroxylation sites is 2. The molecule has 2 aromatic heterocycles. The molecule has 0 saturated carbocycles. The lowest BCUT2D eigenvalue weighted by Gasteiger charge is -2.13. The molecule has 0 radical (unpaired) electrons. The molecule has 8 nitrogen and oxygen atoms in total. The zero-order valence-corrected chi connectivity index (χ0v) is 13.8. The molecule has 0 amide bonds. The fraction of sp³-hybridized carbons (Fsp3) is 0. The molecule has 2 N–H and O–H groups in total. The Kier molecular flexibility index (Phi) is 3.85. The van der Waals surface area contributed by atoms with Gasteiger partial charge in [0.1, 0.15) is 0 Å². The van der Waals surface area contributed by atoms with E-state index in [-0.39, 0.29) is 11.4 Å². The number of hydrogen-bond acceptors (Lipinski definition) is 6. The number of nitrogens with one attached hydrogen (secondary N) is 1. The summed E-state index contributed by atoms with van der Waals surface area (Å²) < 4.78 is 0. The first-order valence-corrected chi connectivity index (χ1v) is 7.97. The Bertz CT molecular complexity index is 1170. The third kappa shape index (κ3) is 2.89. The zero-order valence-electron chi connectivity index (χ0n) is 13.8. The molecule has 4 rings (SSSR count). The van der Waals surface area contributed by atoms with Gasteiger partial charge in [-0.25, -0.2) is 14.8 Å². The van der Waals surface area contributed by atoms with E-state index in [1.807, 2.05) is 48.5 Å². The van der Waals surface area contributed by atoms with E-state index in [0.29, 0.717) is 5.69 Å².